The molecule has 2 saturated heterocycles. The van der Waals surface area contributed by atoms with Crippen LogP contribution in [0.25, 0.3) is 0 Å². The predicted octanol–water partition coefficient (Wildman–Crippen LogP) is -4.35. The quantitative estimate of drug-likeness (QED) is 0.152. The molecule has 0 aromatic rings. The van der Waals surface area contributed by atoms with Gasteiger partial charge in [-0.15, -0.1) is 0 Å². The fourth-order valence-electron chi connectivity index (χ4n) is 6.31. The van der Waals surface area contributed by atoms with Gasteiger partial charge in [-0.25, -0.2) is 8.42 Å². The maximum atomic E-state index is 13.7. The number of likely N-dealkylation sites (tertiary alicyclic amines) is 1. The van der Waals surface area contributed by atoms with Gasteiger partial charge in [0, 0.05) is 24.9 Å². The van der Waals surface area contributed by atoms with E-state index in [1.165, 1.54) is 4.90 Å². The SMILES string of the molecule is CC1(C)[C@@H]2[C@@H](C(=O)N[C@@H](C[C@@H]3CCNC3=O)C(O)S(=O)(=O)[O-])N(C(=O)[C@@H](NC(=O)C3CC3)C3CC3)C[C@@H]21.[Na+]. The van der Waals surface area contributed by atoms with Gasteiger partial charge in [0.1, 0.15) is 22.2 Å². The van der Waals surface area contributed by atoms with Gasteiger partial charge in [0.2, 0.25) is 23.6 Å². The number of carbonyl (C=O) groups is 4. The van der Waals surface area contributed by atoms with Crippen molar-refractivity contribution >= 4 is 33.7 Å². The van der Waals surface area contributed by atoms with Crippen molar-refractivity contribution in [2.75, 3.05) is 13.1 Å². The van der Waals surface area contributed by atoms with E-state index in [0.29, 0.717) is 19.5 Å². The van der Waals surface area contributed by atoms with Crippen molar-refractivity contribution < 1.29 is 66.8 Å². The van der Waals surface area contributed by atoms with Gasteiger partial charge in [-0.2, -0.15) is 0 Å². The first-order chi connectivity index (χ1) is 17.3. The third-order valence-electron chi connectivity index (χ3n) is 9.03. The average Bonchev–Trinajstić information content (AvgIpc) is 3.77. The minimum Gasteiger partial charge on any atom is -0.746 e. The van der Waals surface area contributed by atoms with Crippen molar-refractivity contribution in [1.82, 2.24) is 20.9 Å². The minimum atomic E-state index is -5.19. The van der Waals surface area contributed by atoms with Crippen molar-refractivity contribution in [2.45, 2.75) is 75.9 Å². The van der Waals surface area contributed by atoms with E-state index in [9.17, 15) is 37.3 Å². The number of hydrogen-bond donors (Lipinski definition) is 4. The van der Waals surface area contributed by atoms with E-state index in [1.807, 2.05) is 13.8 Å². The Hall–Kier alpha value is -1.25. The number of nitrogens with one attached hydrogen (secondary N) is 3. The smallest absolute Gasteiger partial charge is 0.746 e. The summed E-state index contributed by atoms with van der Waals surface area (Å²) in [6.07, 6.45) is 3.38. The fourth-order valence-corrected chi connectivity index (χ4v) is 6.89. The second-order valence-electron chi connectivity index (χ2n) is 12.0. The van der Waals surface area contributed by atoms with Gasteiger partial charge in [-0.1, -0.05) is 13.8 Å². The molecule has 0 aromatic heterocycles. The molecule has 3 aliphatic carbocycles. The second-order valence-corrected chi connectivity index (χ2v) is 13.5. The van der Waals surface area contributed by atoms with Gasteiger partial charge in [-0.05, 0) is 61.7 Å². The largest absolute Gasteiger partial charge is 1.00 e. The topological polar surface area (TPSA) is 185 Å². The number of aliphatic hydroxyl groups is 1. The molecular weight excluding hydrogens is 527 g/mol. The second kappa shape index (κ2) is 10.6. The third-order valence-corrected chi connectivity index (χ3v) is 9.95. The molecule has 1 unspecified atom stereocenters. The number of hydrogen-bond acceptors (Lipinski definition) is 8. The maximum absolute atomic E-state index is 13.7. The first-order valence-corrected chi connectivity index (χ1v) is 14.6. The fraction of sp³-hybridized carbons (Fsp3) is 0.833. The summed E-state index contributed by atoms with van der Waals surface area (Å²) < 4.78 is 35.0. The summed E-state index contributed by atoms with van der Waals surface area (Å²) in [4.78, 5) is 53.3. The van der Waals surface area contributed by atoms with Crippen LogP contribution >= 0.6 is 0 Å². The summed E-state index contributed by atoms with van der Waals surface area (Å²) in [7, 11) is -5.19. The third kappa shape index (κ3) is 5.78. The number of fused-ring (bicyclic) bond motifs is 1. The van der Waals surface area contributed by atoms with E-state index in [2.05, 4.69) is 16.0 Å². The Kier molecular flexibility index (Phi) is 8.31. The molecule has 5 fully saturated rings. The van der Waals surface area contributed by atoms with Crippen LogP contribution in [-0.2, 0) is 29.3 Å². The van der Waals surface area contributed by atoms with E-state index in [0.717, 1.165) is 25.7 Å². The Balaban J connectivity index is 0.00000336. The van der Waals surface area contributed by atoms with Gasteiger partial charge in [-0.3, -0.25) is 19.2 Å². The number of aliphatic hydroxyl groups excluding tert-OH is 1. The van der Waals surface area contributed by atoms with Crippen LogP contribution in [0.3, 0.4) is 0 Å². The molecule has 38 heavy (non-hydrogen) atoms. The van der Waals surface area contributed by atoms with E-state index in [-0.39, 0.29) is 82.8 Å². The van der Waals surface area contributed by atoms with Crippen LogP contribution in [0.5, 0.6) is 0 Å². The zero-order valence-electron chi connectivity index (χ0n) is 22.0. The van der Waals surface area contributed by atoms with Gasteiger partial charge in [0.25, 0.3) is 0 Å². The Morgan fingerprint density at radius 2 is 1.79 bits per heavy atom. The summed E-state index contributed by atoms with van der Waals surface area (Å²) in [5.41, 5.74) is -2.66. The normalized spacial score (nSPS) is 31.8. The van der Waals surface area contributed by atoms with E-state index in [4.69, 9.17) is 0 Å². The Bertz CT molecular complexity index is 1110. The first kappa shape index (κ1) is 29.7. The Labute approximate surface area is 244 Å². The number of rotatable bonds is 10. The van der Waals surface area contributed by atoms with Crippen LogP contribution in [0.1, 0.15) is 52.4 Å². The molecule has 2 heterocycles. The van der Waals surface area contributed by atoms with Gasteiger partial charge in [0.15, 0.2) is 5.44 Å². The monoisotopic (exact) mass is 562 g/mol. The van der Waals surface area contributed by atoms with Crippen LogP contribution in [0.15, 0.2) is 0 Å². The zero-order valence-corrected chi connectivity index (χ0v) is 24.8. The predicted molar refractivity (Wildman–Crippen MR) is 127 cm³/mol. The molecule has 5 aliphatic rings. The summed E-state index contributed by atoms with van der Waals surface area (Å²) in [6.45, 7) is 4.70. The summed E-state index contributed by atoms with van der Waals surface area (Å²) >= 11 is 0. The molecule has 3 saturated carbocycles. The van der Waals surface area contributed by atoms with E-state index < -0.39 is 45.5 Å². The molecule has 0 bridgehead atoms. The molecule has 5 rings (SSSR count). The van der Waals surface area contributed by atoms with Crippen molar-refractivity contribution in [2.24, 2.45) is 35.0 Å². The van der Waals surface area contributed by atoms with Crippen LogP contribution in [0, 0.1) is 35.0 Å². The average molecular weight is 563 g/mol. The number of nitrogens with zero attached hydrogens (tertiary/aromatic N) is 1. The van der Waals surface area contributed by atoms with Crippen LogP contribution in [0.4, 0.5) is 0 Å². The van der Waals surface area contributed by atoms with Crippen LogP contribution < -0.4 is 45.5 Å². The van der Waals surface area contributed by atoms with Crippen molar-refractivity contribution in [1.29, 1.82) is 0 Å². The summed E-state index contributed by atoms with van der Waals surface area (Å²) in [6, 6.07) is -3.15. The molecule has 0 aromatic carbocycles. The molecule has 14 heteroatoms. The zero-order chi connectivity index (χ0) is 26.9. The molecule has 2 aliphatic heterocycles. The molecule has 0 radical (unpaired) electrons. The van der Waals surface area contributed by atoms with Gasteiger partial charge in [0.05, 0.1) is 6.04 Å². The molecular formula is C24H35N4NaO8S. The summed E-state index contributed by atoms with van der Waals surface area (Å²) in [5, 5.41) is 18.3. The van der Waals surface area contributed by atoms with Gasteiger partial charge < -0.3 is 30.5 Å². The van der Waals surface area contributed by atoms with Crippen molar-refractivity contribution in [3.63, 3.8) is 0 Å². The molecule has 7 atom stereocenters. The Morgan fingerprint density at radius 1 is 1.13 bits per heavy atom. The molecule has 0 spiro atoms. The van der Waals surface area contributed by atoms with Gasteiger partial charge >= 0.3 is 29.6 Å². The molecule has 206 valence electrons. The molecule has 4 amide bonds. The van der Waals surface area contributed by atoms with E-state index in [1.54, 1.807) is 0 Å². The minimum absolute atomic E-state index is 0. The molecule has 12 nitrogen and oxygen atoms in total. The maximum Gasteiger partial charge on any atom is 1.00 e. The molecule has 4 N–H and O–H groups in total. The number of amides is 4. The van der Waals surface area contributed by atoms with Crippen LogP contribution in [0.2, 0.25) is 0 Å². The standard InChI is InChI=1S/C24H36N4O8S.Na/c1-24(2)14-10-28(22(32)17(11-3-4-11)27-20(30)12-5-6-12)18(16(14)24)21(31)26-15(23(33)37(34,35)36)9-13-7-8-25-19(13)29;/h11-18,23,33H,3-10H2,1-2H3,(H,25,29)(H,26,31)(H,27,30)(H,34,35,36);/q;+1/p-1/t13-,14-,15-,16-,17-,18-,23?;/m0./s1. The summed E-state index contributed by atoms with van der Waals surface area (Å²) in [5.74, 6) is -2.32. The van der Waals surface area contributed by atoms with Crippen LogP contribution in [-0.4, -0.2) is 83.3 Å². The number of piperidine rings is 1. The Morgan fingerprint density at radius 3 is 2.32 bits per heavy atom. The van der Waals surface area contributed by atoms with Crippen molar-refractivity contribution in [3.8, 4) is 0 Å². The van der Waals surface area contributed by atoms with E-state index >= 15 is 0 Å². The number of carbonyl (C=O) groups excluding carboxylic acids is 4. The first-order valence-electron chi connectivity index (χ1n) is 13.1. The van der Waals surface area contributed by atoms with Crippen molar-refractivity contribution in [3.05, 3.63) is 0 Å².